The van der Waals surface area contributed by atoms with Gasteiger partial charge >= 0.3 is 0 Å². The summed E-state index contributed by atoms with van der Waals surface area (Å²) in [4.78, 5) is 6.95. The molecule has 0 saturated carbocycles. The molecule has 1 aliphatic heterocycles. The van der Waals surface area contributed by atoms with Crippen LogP contribution in [-0.2, 0) is 0 Å². The van der Waals surface area contributed by atoms with Crippen molar-refractivity contribution in [1.82, 2.24) is 4.98 Å². The highest BCUT2D eigenvalue weighted by Gasteiger charge is 2.18. The van der Waals surface area contributed by atoms with Crippen LogP contribution in [0.3, 0.4) is 0 Å². The van der Waals surface area contributed by atoms with E-state index in [2.05, 4.69) is 57.0 Å². The molecule has 0 unspecified atom stereocenters. The van der Waals surface area contributed by atoms with Crippen LogP contribution in [0.5, 0.6) is 0 Å². The van der Waals surface area contributed by atoms with E-state index < -0.39 is 0 Å². The number of piperidine rings is 1. The highest BCUT2D eigenvalue weighted by Crippen LogP contribution is 2.30. The van der Waals surface area contributed by atoms with Gasteiger partial charge in [-0.15, -0.1) is 0 Å². The second-order valence-corrected chi connectivity index (χ2v) is 6.10. The smallest absolute Gasteiger partial charge is 0.0723 e. The molecule has 18 heavy (non-hydrogen) atoms. The van der Waals surface area contributed by atoms with Crippen molar-refractivity contribution in [3.05, 3.63) is 34.9 Å². The number of fused-ring (bicyclic) bond motifs is 1. The fourth-order valence-corrected chi connectivity index (χ4v) is 3.15. The molecule has 1 aromatic heterocycles. The predicted octanol–water partition coefficient (Wildman–Crippen LogP) is 4.23. The van der Waals surface area contributed by atoms with Crippen molar-refractivity contribution in [2.75, 3.05) is 18.0 Å². The van der Waals surface area contributed by atoms with Crippen molar-refractivity contribution in [2.24, 2.45) is 5.92 Å². The molecule has 1 atom stereocenters. The van der Waals surface area contributed by atoms with E-state index in [9.17, 15) is 0 Å². The first-order valence-electron chi connectivity index (χ1n) is 6.53. The van der Waals surface area contributed by atoms with Crippen molar-refractivity contribution in [2.45, 2.75) is 19.8 Å². The molecule has 2 heterocycles. The molecule has 0 amide bonds. The molecule has 0 radical (unpaired) electrons. The molecule has 0 N–H and O–H groups in total. The molecular formula is C15H17BrN2. The van der Waals surface area contributed by atoms with Gasteiger partial charge in [0.2, 0.25) is 0 Å². The predicted molar refractivity (Wildman–Crippen MR) is 80.1 cm³/mol. The fourth-order valence-electron chi connectivity index (χ4n) is 2.79. The van der Waals surface area contributed by atoms with Crippen LogP contribution in [0.2, 0.25) is 0 Å². The lowest BCUT2D eigenvalue weighted by Crippen LogP contribution is -2.34. The summed E-state index contributed by atoms with van der Waals surface area (Å²) in [5.41, 5.74) is 2.40. The van der Waals surface area contributed by atoms with E-state index in [1.165, 1.54) is 23.9 Å². The standard InChI is InChI=1S/C15H17BrN2/c1-11-3-2-8-18(10-11)15-6-7-17-14-5-4-12(16)9-13(14)15/h4-7,9,11H,2-3,8,10H2,1H3/t11-/m0/s1. The summed E-state index contributed by atoms with van der Waals surface area (Å²) in [6, 6.07) is 8.46. The molecule has 1 aliphatic rings. The van der Waals surface area contributed by atoms with E-state index >= 15 is 0 Å². The van der Waals surface area contributed by atoms with Crippen LogP contribution in [0.1, 0.15) is 19.8 Å². The summed E-state index contributed by atoms with van der Waals surface area (Å²) in [6.45, 7) is 4.66. The fraction of sp³-hybridized carbons (Fsp3) is 0.400. The second kappa shape index (κ2) is 4.88. The minimum Gasteiger partial charge on any atom is -0.371 e. The van der Waals surface area contributed by atoms with Crippen LogP contribution in [0.4, 0.5) is 5.69 Å². The number of pyridine rings is 1. The van der Waals surface area contributed by atoms with Gasteiger partial charge in [-0.1, -0.05) is 22.9 Å². The SMILES string of the molecule is C[C@H]1CCCN(c2ccnc3ccc(Br)cc23)C1. The lowest BCUT2D eigenvalue weighted by atomic mass is 9.99. The average molecular weight is 305 g/mol. The minimum atomic E-state index is 0.786. The molecule has 1 aromatic carbocycles. The van der Waals surface area contributed by atoms with Crippen LogP contribution >= 0.6 is 15.9 Å². The quantitative estimate of drug-likeness (QED) is 0.783. The Balaban J connectivity index is 2.07. The lowest BCUT2D eigenvalue weighted by Gasteiger charge is -2.33. The zero-order valence-electron chi connectivity index (χ0n) is 10.6. The third kappa shape index (κ3) is 2.24. The van der Waals surface area contributed by atoms with Crippen LogP contribution in [-0.4, -0.2) is 18.1 Å². The largest absolute Gasteiger partial charge is 0.371 e. The first-order chi connectivity index (χ1) is 8.74. The summed E-state index contributed by atoms with van der Waals surface area (Å²) in [7, 11) is 0. The average Bonchev–Trinajstić information content (AvgIpc) is 2.38. The van der Waals surface area contributed by atoms with Gasteiger partial charge < -0.3 is 4.90 Å². The molecule has 2 aromatic rings. The summed E-state index contributed by atoms with van der Waals surface area (Å²) in [5, 5.41) is 1.25. The van der Waals surface area contributed by atoms with Gasteiger partial charge in [0.1, 0.15) is 0 Å². The Kier molecular flexibility index (Phi) is 3.25. The lowest BCUT2D eigenvalue weighted by molar-refractivity contribution is 0.447. The first-order valence-corrected chi connectivity index (χ1v) is 7.32. The third-order valence-corrected chi connectivity index (χ3v) is 4.17. The van der Waals surface area contributed by atoms with E-state index in [4.69, 9.17) is 0 Å². The Labute approximate surface area is 116 Å². The van der Waals surface area contributed by atoms with Gasteiger partial charge in [0, 0.05) is 34.8 Å². The Hall–Kier alpha value is -1.09. The number of hydrogen-bond donors (Lipinski definition) is 0. The Morgan fingerprint density at radius 1 is 1.33 bits per heavy atom. The van der Waals surface area contributed by atoms with Crippen LogP contribution in [0, 0.1) is 5.92 Å². The molecule has 0 aliphatic carbocycles. The molecular weight excluding hydrogens is 288 g/mol. The van der Waals surface area contributed by atoms with Gasteiger partial charge in [0.15, 0.2) is 0 Å². The maximum absolute atomic E-state index is 4.45. The molecule has 94 valence electrons. The summed E-state index contributed by atoms with van der Waals surface area (Å²) in [6.07, 6.45) is 4.56. The van der Waals surface area contributed by atoms with Crippen LogP contribution < -0.4 is 4.90 Å². The van der Waals surface area contributed by atoms with Crippen LogP contribution in [0.25, 0.3) is 10.9 Å². The maximum atomic E-state index is 4.45. The van der Waals surface area contributed by atoms with E-state index in [1.807, 2.05) is 6.20 Å². The Morgan fingerprint density at radius 3 is 3.06 bits per heavy atom. The highest BCUT2D eigenvalue weighted by atomic mass is 79.9. The van der Waals surface area contributed by atoms with E-state index in [-0.39, 0.29) is 0 Å². The number of aromatic nitrogens is 1. The molecule has 1 saturated heterocycles. The molecule has 3 rings (SSSR count). The van der Waals surface area contributed by atoms with Crippen LogP contribution in [0.15, 0.2) is 34.9 Å². The van der Waals surface area contributed by atoms with Gasteiger partial charge in [-0.3, -0.25) is 4.98 Å². The molecule has 3 heteroatoms. The zero-order chi connectivity index (χ0) is 12.5. The topological polar surface area (TPSA) is 16.1 Å². The van der Waals surface area contributed by atoms with Gasteiger partial charge in [-0.05, 0) is 43.0 Å². The maximum Gasteiger partial charge on any atom is 0.0723 e. The summed E-state index contributed by atoms with van der Waals surface area (Å²) < 4.78 is 1.12. The number of hydrogen-bond acceptors (Lipinski definition) is 2. The van der Waals surface area contributed by atoms with Gasteiger partial charge in [-0.2, -0.15) is 0 Å². The number of halogens is 1. The summed E-state index contributed by atoms with van der Waals surface area (Å²) in [5.74, 6) is 0.786. The summed E-state index contributed by atoms with van der Waals surface area (Å²) >= 11 is 3.56. The van der Waals surface area contributed by atoms with E-state index in [0.29, 0.717) is 0 Å². The number of rotatable bonds is 1. The second-order valence-electron chi connectivity index (χ2n) is 5.18. The van der Waals surface area contributed by atoms with Gasteiger partial charge in [0.05, 0.1) is 5.52 Å². The molecule has 0 bridgehead atoms. The minimum absolute atomic E-state index is 0.786. The monoisotopic (exact) mass is 304 g/mol. The normalized spacial score (nSPS) is 20.3. The van der Waals surface area contributed by atoms with Gasteiger partial charge in [-0.25, -0.2) is 0 Å². The Bertz CT molecular complexity index is 567. The van der Waals surface area contributed by atoms with E-state index in [0.717, 1.165) is 29.0 Å². The number of nitrogens with zero attached hydrogens (tertiary/aromatic N) is 2. The number of benzene rings is 1. The van der Waals surface area contributed by atoms with E-state index in [1.54, 1.807) is 0 Å². The molecule has 1 fully saturated rings. The van der Waals surface area contributed by atoms with Gasteiger partial charge in [0.25, 0.3) is 0 Å². The van der Waals surface area contributed by atoms with Crippen molar-refractivity contribution < 1.29 is 0 Å². The Morgan fingerprint density at radius 2 is 2.22 bits per heavy atom. The van der Waals surface area contributed by atoms with Crippen molar-refractivity contribution in [1.29, 1.82) is 0 Å². The van der Waals surface area contributed by atoms with Crippen molar-refractivity contribution in [3.63, 3.8) is 0 Å². The number of anilines is 1. The van der Waals surface area contributed by atoms with Crippen molar-refractivity contribution >= 4 is 32.5 Å². The molecule has 0 spiro atoms. The zero-order valence-corrected chi connectivity index (χ0v) is 12.2. The first kappa shape index (κ1) is 12.0. The molecule has 2 nitrogen and oxygen atoms in total. The van der Waals surface area contributed by atoms with Crippen molar-refractivity contribution in [3.8, 4) is 0 Å². The third-order valence-electron chi connectivity index (χ3n) is 3.68. The highest BCUT2D eigenvalue weighted by molar-refractivity contribution is 9.10.